The zero-order chi connectivity index (χ0) is 17.2. The van der Waals surface area contributed by atoms with E-state index in [1.54, 1.807) is 23.5 Å². The van der Waals surface area contributed by atoms with E-state index in [0.29, 0.717) is 12.1 Å². The minimum Gasteiger partial charge on any atom is -0.337 e. The molecule has 2 heterocycles. The highest BCUT2D eigenvalue weighted by atomic mass is 32.1. The molecule has 1 aliphatic rings. The van der Waals surface area contributed by atoms with Gasteiger partial charge in [-0.3, -0.25) is 0 Å². The van der Waals surface area contributed by atoms with Gasteiger partial charge in [0.1, 0.15) is 5.82 Å². The molecule has 3 rings (SSSR count). The first-order chi connectivity index (χ1) is 11.5. The Kier molecular flexibility index (Phi) is 4.90. The average Bonchev–Trinajstić information content (AvgIpc) is 3.23. The molecule has 1 aliphatic heterocycles. The maximum absolute atomic E-state index is 14.0. The van der Waals surface area contributed by atoms with Gasteiger partial charge in [-0.25, -0.2) is 9.18 Å². The van der Waals surface area contributed by atoms with E-state index in [1.165, 1.54) is 11.6 Å². The molecule has 0 radical (unpaired) electrons. The van der Waals surface area contributed by atoms with Crippen LogP contribution in [0.2, 0.25) is 0 Å². The Hall–Kier alpha value is -1.88. The summed E-state index contributed by atoms with van der Waals surface area (Å²) < 4.78 is 14.0. The van der Waals surface area contributed by atoms with Gasteiger partial charge in [-0.1, -0.05) is 32.0 Å². The van der Waals surface area contributed by atoms with Crippen LogP contribution in [0.25, 0.3) is 0 Å². The second-order valence-corrected chi connectivity index (χ2v) is 7.71. The van der Waals surface area contributed by atoms with Crippen molar-refractivity contribution in [2.45, 2.75) is 38.1 Å². The molecular weight excluding hydrogens is 323 g/mol. The summed E-state index contributed by atoms with van der Waals surface area (Å²) in [7, 11) is 0. The third-order valence-electron chi connectivity index (χ3n) is 4.73. The van der Waals surface area contributed by atoms with E-state index in [-0.39, 0.29) is 17.9 Å². The summed E-state index contributed by atoms with van der Waals surface area (Å²) in [4.78, 5) is 14.5. The first-order valence-corrected chi connectivity index (χ1v) is 9.25. The molecule has 1 atom stereocenters. The summed E-state index contributed by atoms with van der Waals surface area (Å²) in [5.74, 6) is -0.228. The molecule has 2 aromatic rings. The molecule has 1 unspecified atom stereocenters. The third kappa shape index (κ3) is 3.46. The fourth-order valence-electron chi connectivity index (χ4n) is 3.32. The van der Waals surface area contributed by atoms with Crippen molar-refractivity contribution >= 4 is 17.4 Å². The number of nitrogens with one attached hydrogen (secondary N) is 1. The number of nitrogens with zero attached hydrogens (tertiary/aromatic N) is 1. The number of carbonyl (C=O) groups is 1. The van der Waals surface area contributed by atoms with Gasteiger partial charge in [-0.2, -0.15) is 11.3 Å². The molecule has 1 fully saturated rings. The largest absolute Gasteiger partial charge is 0.337 e. The molecule has 1 aromatic heterocycles. The quantitative estimate of drug-likeness (QED) is 0.854. The van der Waals surface area contributed by atoms with E-state index in [2.05, 4.69) is 16.8 Å². The van der Waals surface area contributed by atoms with Gasteiger partial charge in [0.2, 0.25) is 0 Å². The zero-order valence-electron chi connectivity index (χ0n) is 14.1. The minimum atomic E-state index is -0.460. The van der Waals surface area contributed by atoms with Gasteiger partial charge in [-0.05, 0) is 46.9 Å². The van der Waals surface area contributed by atoms with Crippen LogP contribution in [0.1, 0.15) is 43.9 Å². The van der Waals surface area contributed by atoms with Crippen molar-refractivity contribution in [3.05, 3.63) is 58.0 Å². The van der Waals surface area contributed by atoms with Gasteiger partial charge in [0, 0.05) is 18.5 Å². The third-order valence-corrected chi connectivity index (χ3v) is 5.43. The Balaban J connectivity index is 1.66. The Labute approximate surface area is 146 Å². The van der Waals surface area contributed by atoms with Gasteiger partial charge < -0.3 is 10.2 Å². The van der Waals surface area contributed by atoms with Gasteiger partial charge in [-0.15, -0.1) is 0 Å². The molecule has 5 heteroatoms. The SMILES string of the molecule is CC(C)(CNC(=O)N1CCCC1c1ccsc1)c1ccccc1F. The lowest BCUT2D eigenvalue weighted by molar-refractivity contribution is 0.190. The van der Waals surface area contributed by atoms with Crippen LogP contribution in [0, 0.1) is 5.82 Å². The van der Waals surface area contributed by atoms with Crippen LogP contribution >= 0.6 is 11.3 Å². The Morgan fingerprint density at radius 2 is 2.17 bits per heavy atom. The number of thiophene rings is 1. The minimum absolute atomic E-state index is 0.0619. The fraction of sp³-hybridized carbons (Fsp3) is 0.421. The lowest BCUT2D eigenvalue weighted by atomic mass is 9.84. The predicted octanol–water partition coefficient (Wildman–Crippen LogP) is 4.71. The number of likely N-dealkylation sites (tertiary alicyclic amines) is 1. The lowest BCUT2D eigenvalue weighted by Gasteiger charge is -2.29. The number of rotatable bonds is 4. The molecule has 0 spiro atoms. The van der Waals surface area contributed by atoms with Crippen molar-refractivity contribution in [3.8, 4) is 0 Å². The molecule has 3 nitrogen and oxygen atoms in total. The Morgan fingerprint density at radius 3 is 2.88 bits per heavy atom. The lowest BCUT2D eigenvalue weighted by Crippen LogP contribution is -2.44. The van der Waals surface area contributed by atoms with Gasteiger partial charge in [0.25, 0.3) is 0 Å². The summed E-state index contributed by atoms with van der Waals surface area (Å²) in [5.41, 5.74) is 1.38. The Morgan fingerprint density at radius 1 is 1.38 bits per heavy atom. The van der Waals surface area contributed by atoms with Crippen molar-refractivity contribution in [2.75, 3.05) is 13.1 Å². The van der Waals surface area contributed by atoms with Crippen LogP contribution in [-0.2, 0) is 5.41 Å². The van der Waals surface area contributed by atoms with E-state index in [4.69, 9.17) is 0 Å². The first-order valence-electron chi connectivity index (χ1n) is 8.30. The van der Waals surface area contributed by atoms with Crippen LogP contribution in [0.15, 0.2) is 41.1 Å². The summed E-state index contributed by atoms with van der Waals surface area (Å²) in [5, 5.41) is 7.16. The standard InChI is InChI=1S/C19H23FN2OS/c1-19(2,15-6-3-4-7-16(15)20)13-21-18(23)22-10-5-8-17(22)14-9-11-24-12-14/h3-4,6-7,9,11-12,17H,5,8,10,13H2,1-2H3,(H,21,23). The number of halogens is 1. The number of hydrogen-bond donors (Lipinski definition) is 1. The van der Waals surface area contributed by atoms with Crippen LogP contribution in [0.4, 0.5) is 9.18 Å². The van der Waals surface area contributed by atoms with Gasteiger partial charge in [0.05, 0.1) is 6.04 Å². The van der Waals surface area contributed by atoms with E-state index in [0.717, 1.165) is 19.4 Å². The highest BCUT2D eigenvalue weighted by Gasteiger charge is 2.31. The number of urea groups is 1. The number of hydrogen-bond acceptors (Lipinski definition) is 2. The highest BCUT2D eigenvalue weighted by Crippen LogP contribution is 2.33. The Bertz CT molecular complexity index is 699. The molecule has 0 bridgehead atoms. The highest BCUT2D eigenvalue weighted by molar-refractivity contribution is 7.07. The van der Waals surface area contributed by atoms with Gasteiger partial charge in [0.15, 0.2) is 0 Å². The van der Waals surface area contributed by atoms with Crippen molar-refractivity contribution in [1.29, 1.82) is 0 Å². The zero-order valence-corrected chi connectivity index (χ0v) is 14.9. The fourth-order valence-corrected chi connectivity index (χ4v) is 4.03. The topological polar surface area (TPSA) is 32.3 Å². The van der Waals surface area contributed by atoms with E-state index >= 15 is 0 Å². The average molecular weight is 346 g/mol. The van der Waals surface area contributed by atoms with Crippen molar-refractivity contribution in [3.63, 3.8) is 0 Å². The predicted molar refractivity (Wildman–Crippen MR) is 95.8 cm³/mol. The van der Waals surface area contributed by atoms with Crippen molar-refractivity contribution < 1.29 is 9.18 Å². The smallest absolute Gasteiger partial charge is 0.317 e. The molecule has 0 aliphatic carbocycles. The van der Waals surface area contributed by atoms with Crippen LogP contribution in [0.5, 0.6) is 0 Å². The first kappa shape index (κ1) is 17.0. The molecule has 0 saturated carbocycles. The second kappa shape index (κ2) is 6.93. The maximum atomic E-state index is 14.0. The summed E-state index contributed by atoms with van der Waals surface area (Å²) >= 11 is 1.66. The normalized spacial score (nSPS) is 18.0. The van der Waals surface area contributed by atoms with E-state index in [9.17, 15) is 9.18 Å². The monoisotopic (exact) mass is 346 g/mol. The second-order valence-electron chi connectivity index (χ2n) is 6.93. The van der Waals surface area contributed by atoms with E-state index < -0.39 is 5.41 Å². The summed E-state index contributed by atoms with van der Waals surface area (Å²) in [6, 6.07) is 8.95. The van der Waals surface area contributed by atoms with Crippen molar-refractivity contribution in [1.82, 2.24) is 10.2 Å². The van der Waals surface area contributed by atoms with Crippen molar-refractivity contribution in [2.24, 2.45) is 0 Å². The molecule has 1 saturated heterocycles. The van der Waals surface area contributed by atoms with E-state index in [1.807, 2.05) is 30.2 Å². The van der Waals surface area contributed by atoms with Crippen LogP contribution < -0.4 is 5.32 Å². The van der Waals surface area contributed by atoms with Gasteiger partial charge >= 0.3 is 6.03 Å². The number of benzene rings is 1. The molecule has 1 N–H and O–H groups in total. The molecular formula is C19H23FN2OS. The van der Waals surface area contributed by atoms with Crippen LogP contribution in [-0.4, -0.2) is 24.0 Å². The number of carbonyl (C=O) groups excluding carboxylic acids is 1. The maximum Gasteiger partial charge on any atom is 0.317 e. The number of amides is 2. The summed E-state index contributed by atoms with van der Waals surface area (Å²) in [6.45, 7) is 5.07. The molecule has 128 valence electrons. The summed E-state index contributed by atoms with van der Waals surface area (Å²) in [6.07, 6.45) is 2.02. The molecule has 24 heavy (non-hydrogen) atoms. The molecule has 2 amide bonds. The molecule has 1 aromatic carbocycles. The van der Waals surface area contributed by atoms with Crippen LogP contribution in [0.3, 0.4) is 0 Å².